The van der Waals surface area contributed by atoms with E-state index in [-0.39, 0.29) is 11.7 Å². The van der Waals surface area contributed by atoms with Crippen LogP contribution < -0.4 is 4.90 Å². The number of hydrogen-bond donors (Lipinski definition) is 0. The minimum atomic E-state index is -0.376. The molecule has 3 nitrogen and oxygen atoms in total. The van der Waals surface area contributed by atoms with Gasteiger partial charge in [-0.05, 0) is 31.4 Å². The van der Waals surface area contributed by atoms with E-state index < -0.39 is 0 Å². The maximum atomic E-state index is 12.0. The SMILES string of the molecule is CCCC(C)CN1C(=O)C(=O)c2cc(C)ccc21. The van der Waals surface area contributed by atoms with Crippen molar-refractivity contribution in [2.45, 2.75) is 33.6 Å². The van der Waals surface area contributed by atoms with E-state index in [1.165, 1.54) is 0 Å². The number of Topliss-reactive ketones (excluding diaryl/α,β-unsaturated/α-hetero) is 1. The largest absolute Gasteiger partial charge is 0.304 e. The molecule has 1 amide bonds. The Morgan fingerprint density at radius 2 is 2.00 bits per heavy atom. The van der Waals surface area contributed by atoms with E-state index in [4.69, 9.17) is 0 Å². The maximum Gasteiger partial charge on any atom is 0.299 e. The van der Waals surface area contributed by atoms with Crippen molar-refractivity contribution in [1.82, 2.24) is 0 Å². The summed E-state index contributed by atoms with van der Waals surface area (Å²) in [5.41, 5.74) is 2.35. The molecule has 0 radical (unpaired) electrons. The predicted octanol–water partition coefficient (Wildman–Crippen LogP) is 2.96. The molecule has 1 aliphatic rings. The average Bonchev–Trinajstić information content (AvgIpc) is 2.55. The second kappa shape index (κ2) is 4.92. The second-order valence-electron chi connectivity index (χ2n) is 5.16. The minimum absolute atomic E-state index is 0.364. The Balaban J connectivity index is 2.29. The third-order valence-corrected chi connectivity index (χ3v) is 3.40. The van der Waals surface area contributed by atoms with Crippen LogP contribution in [-0.4, -0.2) is 18.2 Å². The normalized spacial score (nSPS) is 16.1. The summed E-state index contributed by atoms with van der Waals surface area (Å²) in [4.78, 5) is 25.5. The molecule has 1 aromatic carbocycles. The molecule has 1 heterocycles. The highest BCUT2D eigenvalue weighted by atomic mass is 16.2. The van der Waals surface area contributed by atoms with E-state index in [9.17, 15) is 9.59 Å². The van der Waals surface area contributed by atoms with E-state index >= 15 is 0 Å². The number of nitrogens with zero attached hydrogens (tertiary/aromatic N) is 1. The van der Waals surface area contributed by atoms with Gasteiger partial charge < -0.3 is 4.90 Å². The van der Waals surface area contributed by atoms with E-state index in [0.29, 0.717) is 18.0 Å². The first kappa shape index (κ1) is 12.8. The number of ketones is 1. The van der Waals surface area contributed by atoms with Crippen LogP contribution in [0.1, 0.15) is 42.6 Å². The lowest BCUT2D eigenvalue weighted by atomic mass is 10.1. The summed E-state index contributed by atoms with van der Waals surface area (Å²) in [7, 11) is 0. The third kappa shape index (κ3) is 2.17. The van der Waals surface area contributed by atoms with Crippen molar-refractivity contribution < 1.29 is 9.59 Å². The fraction of sp³-hybridized carbons (Fsp3) is 0.467. The van der Waals surface area contributed by atoms with Crippen molar-refractivity contribution in [2.24, 2.45) is 5.92 Å². The molecule has 1 aromatic rings. The first-order valence-electron chi connectivity index (χ1n) is 6.51. The summed E-state index contributed by atoms with van der Waals surface area (Å²) in [5.74, 6) is -0.324. The zero-order valence-electron chi connectivity index (χ0n) is 11.2. The third-order valence-electron chi connectivity index (χ3n) is 3.40. The van der Waals surface area contributed by atoms with Crippen molar-refractivity contribution >= 4 is 17.4 Å². The molecule has 18 heavy (non-hydrogen) atoms. The monoisotopic (exact) mass is 245 g/mol. The Morgan fingerprint density at radius 3 is 2.67 bits per heavy atom. The van der Waals surface area contributed by atoms with Crippen molar-refractivity contribution in [1.29, 1.82) is 0 Å². The quantitative estimate of drug-likeness (QED) is 0.765. The van der Waals surface area contributed by atoms with Crippen molar-refractivity contribution in [3.05, 3.63) is 29.3 Å². The zero-order valence-corrected chi connectivity index (χ0v) is 11.2. The topological polar surface area (TPSA) is 37.4 Å². The number of anilines is 1. The van der Waals surface area contributed by atoms with Crippen LogP contribution in [0.15, 0.2) is 18.2 Å². The lowest BCUT2D eigenvalue weighted by molar-refractivity contribution is -0.114. The van der Waals surface area contributed by atoms with Gasteiger partial charge in [-0.1, -0.05) is 31.9 Å². The van der Waals surface area contributed by atoms with Crippen LogP contribution in [-0.2, 0) is 4.79 Å². The van der Waals surface area contributed by atoms with Gasteiger partial charge in [0.25, 0.3) is 11.7 Å². The summed E-state index contributed by atoms with van der Waals surface area (Å²) < 4.78 is 0. The lowest BCUT2D eigenvalue weighted by Crippen LogP contribution is -2.33. The standard InChI is InChI=1S/C15H19NO2/c1-4-5-11(3)9-16-13-7-6-10(2)8-12(13)14(17)15(16)18/h6-8,11H,4-5,9H2,1-3H3. The number of aryl methyl sites for hydroxylation is 1. The molecule has 2 rings (SSSR count). The summed E-state index contributed by atoms with van der Waals surface area (Å²) in [5, 5.41) is 0. The highest BCUT2D eigenvalue weighted by Gasteiger charge is 2.36. The van der Waals surface area contributed by atoms with Gasteiger partial charge in [0, 0.05) is 6.54 Å². The predicted molar refractivity (Wildman–Crippen MR) is 71.9 cm³/mol. The number of rotatable bonds is 4. The van der Waals surface area contributed by atoms with Gasteiger partial charge in [0.1, 0.15) is 0 Å². The maximum absolute atomic E-state index is 12.0. The van der Waals surface area contributed by atoms with Crippen LogP contribution in [0.3, 0.4) is 0 Å². The van der Waals surface area contributed by atoms with Crippen LogP contribution in [0.5, 0.6) is 0 Å². The van der Waals surface area contributed by atoms with Crippen LogP contribution in [0.2, 0.25) is 0 Å². The Morgan fingerprint density at radius 1 is 1.28 bits per heavy atom. The Bertz CT molecular complexity index is 493. The Hall–Kier alpha value is -1.64. The highest BCUT2D eigenvalue weighted by Crippen LogP contribution is 2.30. The molecule has 1 aliphatic heterocycles. The number of hydrogen-bond acceptors (Lipinski definition) is 2. The van der Waals surface area contributed by atoms with Gasteiger partial charge in [-0.25, -0.2) is 0 Å². The molecule has 0 bridgehead atoms. The second-order valence-corrected chi connectivity index (χ2v) is 5.16. The summed E-state index contributed by atoms with van der Waals surface area (Å²) >= 11 is 0. The average molecular weight is 245 g/mol. The lowest BCUT2D eigenvalue weighted by Gasteiger charge is -2.20. The minimum Gasteiger partial charge on any atom is -0.304 e. The molecule has 0 N–H and O–H groups in total. The molecule has 1 atom stereocenters. The highest BCUT2D eigenvalue weighted by molar-refractivity contribution is 6.52. The number of amides is 1. The number of benzene rings is 1. The Labute approximate surface area is 108 Å². The molecular formula is C15H19NO2. The molecule has 0 saturated carbocycles. The van der Waals surface area contributed by atoms with Crippen LogP contribution >= 0.6 is 0 Å². The van der Waals surface area contributed by atoms with E-state index in [1.54, 1.807) is 11.0 Å². The first-order valence-corrected chi connectivity index (χ1v) is 6.51. The number of carbonyl (C=O) groups excluding carboxylic acids is 2. The fourth-order valence-electron chi connectivity index (χ4n) is 2.49. The van der Waals surface area contributed by atoms with E-state index in [0.717, 1.165) is 24.1 Å². The van der Waals surface area contributed by atoms with Gasteiger partial charge in [0.15, 0.2) is 0 Å². The number of carbonyl (C=O) groups is 2. The summed E-state index contributed by atoms with van der Waals surface area (Å²) in [6.07, 6.45) is 2.16. The van der Waals surface area contributed by atoms with Crippen molar-refractivity contribution in [3.63, 3.8) is 0 Å². The van der Waals surface area contributed by atoms with Crippen LogP contribution in [0.25, 0.3) is 0 Å². The molecule has 0 spiro atoms. The van der Waals surface area contributed by atoms with Crippen LogP contribution in [0.4, 0.5) is 5.69 Å². The fourth-order valence-corrected chi connectivity index (χ4v) is 2.49. The molecular weight excluding hydrogens is 226 g/mol. The number of fused-ring (bicyclic) bond motifs is 1. The summed E-state index contributed by atoms with van der Waals surface area (Å²) in [6, 6.07) is 5.63. The molecule has 0 saturated heterocycles. The first-order chi connectivity index (χ1) is 8.54. The van der Waals surface area contributed by atoms with Gasteiger partial charge >= 0.3 is 0 Å². The molecule has 1 unspecified atom stereocenters. The Kier molecular flexibility index (Phi) is 3.50. The van der Waals surface area contributed by atoms with E-state index in [2.05, 4.69) is 13.8 Å². The molecule has 0 aromatic heterocycles. The zero-order chi connectivity index (χ0) is 13.3. The molecule has 96 valence electrons. The van der Waals surface area contributed by atoms with E-state index in [1.807, 2.05) is 19.1 Å². The van der Waals surface area contributed by atoms with Crippen LogP contribution in [0, 0.1) is 12.8 Å². The molecule has 0 aliphatic carbocycles. The van der Waals surface area contributed by atoms with Gasteiger partial charge in [0.2, 0.25) is 0 Å². The van der Waals surface area contributed by atoms with Gasteiger partial charge in [-0.2, -0.15) is 0 Å². The van der Waals surface area contributed by atoms with Crippen molar-refractivity contribution in [2.75, 3.05) is 11.4 Å². The van der Waals surface area contributed by atoms with Gasteiger partial charge in [-0.3, -0.25) is 9.59 Å². The smallest absolute Gasteiger partial charge is 0.299 e. The van der Waals surface area contributed by atoms with Gasteiger partial charge in [-0.15, -0.1) is 0 Å². The van der Waals surface area contributed by atoms with Gasteiger partial charge in [0.05, 0.1) is 11.3 Å². The molecule has 3 heteroatoms. The summed E-state index contributed by atoms with van der Waals surface area (Å²) in [6.45, 7) is 6.81. The molecule has 0 fully saturated rings. The van der Waals surface area contributed by atoms with Crippen molar-refractivity contribution in [3.8, 4) is 0 Å².